The Morgan fingerprint density at radius 1 is 1.32 bits per heavy atom. The highest BCUT2D eigenvalue weighted by molar-refractivity contribution is 7.89. The van der Waals surface area contributed by atoms with Gasteiger partial charge in [-0.1, -0.05) is 23.2 Å². The van der Waals surface area contributed by atoms with Gasteiger partial charge >= 0.3 is 0 Å². The number of benzene rings is 1. The highest BCUT2D eigenvalue weighted by Crippen LogP contribution is 2.24. The van der Waals surface area contributed by atoms with Gasteiger partial charge in [-0.15, -0.1) is 0 Å². The van der Waals surface area contributed by atoms with Crippen LogP contribution in [-0.4, -0.2) is 28.1 Å². The van der Waals surface area contributed by atoms with Crippen molar-refractivity contribution in [2.75, 3.05) is 19.6 Å². The van der Waals surface area contributed by atoms with E-state index >= 15 is 0 Å². The molecule has 2 rings (SSSR count). The van der Waals surface area contributed by atoms with Gasteiger partial charge in [0.25, 0.3) is 0 Å². The van der Waals surface area contributed by atoms with E-state index in [2.05, 4.69) is 10.0 Å². The summed E-state index contributed by atoms with van der Waals surface area (Å²) in [6.07, 6.45) is 1.95. The SMILES string of the molecule is O=S(=O)(NCCC1CCNC1)c1ccc(Cl)c(Cl)c1. The summed E-state index contributed by atoms with van der Waals surface area (Å²) in [5.41, 5.74) is 0. The van der Waals surface area contributed by atoms with Crippen LogP contribution < -0.4 is 10.0 Å². The lowest BCUT2D eigenvalue weighted by atomic mass is 10.1. The number of halogens is 2. The van der Waals surface area contributed by atoms with E-state index in [-0.39, 0.29) is 9.92 Å². The number of hydrogen-bond acceptors (Lipinski definition) is 3. The van der Waals surface area contributed by atoms with Crippen LogP contribution in [-0.2, 0) is 10.0 Å². The summed E-state index contributed by atoms with van der Waals surface area (Å²) in [5, 5.41) is 3.84. The normalized spacial score (nSPS) is 19.8. The lowest BCUT2D eigenvalue weighted by Gasteiger charge is -2.10. The van der Waals surface area contributed by atoms with Crippen LogP contribution in [0, 0.1) is 5.92 Å². The van der Waals surface area contributed by atoms with E-state index in [1.54, 1.807) is 0 Å². The topological polar surface area (TPSA) is 58.2 Å². The van der Waals surface area contributed by atoms with Crippen molar-refractivity contribution in [3.8, 4) is 0 Å². The average molecular weight is 323 g/mol. The number of sulfonamides is 1. The van der Waals surface area contributed by atoms with E-state index in [0.717, 1.165) is 25.9 Å². The number of hydrogen-bond donors (Lipinski definition) is 2. The minimum Gasteiger partial charge on any atom is -0.316 e. The van der Waals surface area contributed by atoms with Crippen molar-refractivity contribution in [3.05, 3.63) is 28.2 Å². The molecule has 0 saturated carbocycles. The van der Waals surface area contributed by atoms with E-state index in [1.165, 1.54) is 18.2 Å². The van der Waals surface area contributed by atoms with E-state index in [0.29, 0.717) is 17.5 Å². The van der Waals surface area contributed by atoms with Gasteiger partial charge < -0.3 is 5.32 Å². The molecule has 0 amide bonds. The third kappa shape index (κ3) is 4.07. The van der Waals surface area contributed by atoms with Gasteiger partial charge in [0.05, 0.1) is 14.9 Å². The predicted octanol–water partition coefficient (Wildman–Crippen LogP) is 2.27. The van der Waals surface area contributed by atoms with Crippen LogP contribution in [0.2, 0.25) is 10.0 Å². The molecule has 0 radical (unpaired) electrons. The summed E-state index contributed by atoms with van der Waals surface area (Å²) < 4.78 is 26.7. The minimum atomic E-state index is -3.50. The summed E-state index contributed by atoms with van der Waals surface area (Å²) in [5.74, 6) is 0.552. The lowest BCUT2D eigenvalue weighted by molar-refractivity contribution is 0.519. The van der Waals surface area contributed by atoms with Crippen LogP contribution in [0.1, 0.15) is 12.8 Å². The Labute approximate surface area is 123 Å². The van der Waals surface area contributed by atoms with Crippen LogP contribution in [0.4, 0.5) is 0 Å². The molecule has 1 aromatic carbocycles. The van der Waals surface area contributed by atoms with Crippen molar-refractivity contribution in [2.45, 2.75) is 17.7 Å². The van der Waals surface area contributed by atoms with Crippen molar-refractivity contribution < 1.29 is 8.42 Å². The third-order valence-electron chi connectivity index (χ3n) is 3.21. The minimum absolute atomic E-state index is 0.145. The molecule has 106 valence electrons. The first-order valence-electron chi connectivity index (χ1n) is 6.14. The molecule has 0 spiro atoms. The molecule has 0 aliphatic carbocycles. The van der Waals surface area contributed by atoms with Crippen molar-refractivity contribution in [1.29, 1.82) is 0 Å². The molecule has 0 aromatic heterocycles. The molecule has 1 unspecified atom stereocenters. The number of nitrogens with one attached hydrogen (secondary N) is 2. The van der Waals surface area contributed by atoms with E-state index in [4.69, 9.17) is 23.2 Å². The molecule has 7 heteroatoms. The Kier molecular flexibility index (Phi) is 5.09. The van der Waals surface area contributed by atoms with Crippen LogP contribution >= 0.6 is 23.2 Å². The lowest BCUT2D eigenvalue weighted by Crippen LogP contribution is -2.26. The fourth-order valence-corrected chi connectivity index (χ4v) is 3.52. The van der Waals surface area contributed by atoms with Crippen molar-refractivity contribution >= 4 is 33.2 Å². The zero-order valence-electron chi connectivity index (χ0n) is 10.3. The maximum atomic E-state index is 12.0. The summed E-state index contributed by atoms with van der Waals surface area (Å²) in [7, 11) is -3.50. The van der Waals surface area contributed by atoms with Gasteiger partial charge in [-0.05, 0) is 50.0 Å². The molecule has 1 atom stereocenters. The fraction of sp³-hybridized carbons (Fsp3) is 0.500. The summed E-state index contributed by atoms with van der Waals surface area (Å²) in [6, 6.07) is 4.30. The van der Waals surface area contributed by atoms with Crippen LogP contribution in [0.5, 0.6) is 0 Å². The summed E-state index contributed by atoms with van der Waals surface area (Å²) in [4.78, 5) is 0.145. The molecular formula is C12H16Cl2N2O2S. The second kappa shape index (κ2) is 6.41. The number of rotatable bonds is 5. The maximum Gasteiger partial charge on any atom is 0.240 e. The van der Waals surface area contributed by atoms with E-state index < -0.39 is 10.0 Å². The highest BCUT2D eigenvalue weighted by atomic mass is 35.5. The first kappa shape index (κ1) is 15.1. The van der Waals surface area contributed by atoms with E-state index in [9.17, 15) is 8.42 Å². The second-order valence-electron chi connectivity index (χ2n) is 4.62. The molecule has 1 heterocycles. The van der Waals surface area contributed by atoms with Gasteiger partial charge in [-0.3, -0.25) is 0 Å². The monoisotopic (exact) mass is 322 g/mol. The maximum absolute atomic E-state index is 12.0. The van der Waals surface area contributed by atoms with E-state index in [1.807, 2.05) is 0 Å². The van der Waals surface area contributed by atoms with Crippen LogP contribution in [0.25, 0.3) is 0 Å². The van der Waals surface area contributed by atoms with Crippen molar-refractivity contribution in [1.82, 2.24) is 10.0 Å². The quantitative estimate of drug-likeness (QED) is 0.874. The molecule has 19 heavy (non-hydrogen) atoms. The Morgan fingerprint density at radius 2 is 2.11 bits per heavy atom. The van der Waals surface area contributed by atoms with Gasteiger partial charge in [0.1, 0.15) is 0 Å². The van der Waals surface area contributed by atoms with Crippen LogP contribution in [0.3, 0.4) is 0 Å². The average Bonchev–Trinajstić information content (AvgIpc) is 2.85. The highest BCUT2D eigenvalue weighted by Gasteiger charge is 2.18. The Morgan fingerprint density at radius 3 is 2.74 bits per heavy atom. The molecule has 1 fully saturated rings. The standard InChI is InChI=1S/C12H16Cl2N2O2S/c13-11-2-1-10(7-12(11)14)19(17,18)16-6-4-9-3-5-15-8-9/h1-2,7,9,15-16H,3-6,8H2. The van der Waals surface area contributed by atoms with Gasteiger partial charge in [-0.2, -0.15) is 0 Å². The molecule has 1 aromatic rings. The van der Waals surface area contributed by atoms with Gasteiger partial charge in [0, 0.05) is 6.54 Å². The molecule has 1 aliphatic heterocycles. The third-order valence-corrected chi connectivity index (χ3v) is 5.41. The molecule has 4 nitrogen and oxygen atoms in total. The van der Waals surface area contributed by atoms with Gasteiger partial charge in [0.2, 0.25) is 10.0 Å². The second-order valence-corrected chi connectivity index (χ2v) is 7.20. The largest absolute Gasteiger partial charge is 0.316 e. The first-order valence-corrected chi connectivity index (χ1v) is 8.38. The van der Waals surface area contributed by atoms with Crippen molar-refractivity contribution in [3.63, 3.8) is 0 Å². The van der Waals surface area contributed by atoms with Crippen LogP contribution in [0.15, 0.2) is 23.1 Å². The summed E-state index contributed by atoms with van der Waals surface area (Å²) in [6.45, 7) is 2.42. The Bertz CT molecular complexity index is 543. The zero-order valence-corrected chi connectivity index (χ0v) is 12.7. The summed E-state index contributed by atoms with van der Waals surface area (Å²) >= 11 is 11.6. The molecule has 2 N–H and O–H groups in total. The van der Waals surface area contributed by atoms with Gasteiger partial charge in [0.15, 0.2) is 0 Å². The Hall–Kier alpha value is -0.330. The zero-order chi connectivity index (χ0) is 13.9. The molecule has 1 saturated heterocycles. The molecular weight excluding hydrogens is 307 g/mol. The predicted molar refractivity (Wildman–Crippen MR) is 77.2 cm³/mol. The molecule has 0 bridgehead atoms. The smallest absolute Gasteiger partial charge is 0.240 e. The van der Waals surface area contributed by atoms with Crippen molar-refractivity contribution in [2.24, 2.45) is 5.92 Å². The first-order chi connectivity index (χ1) is 8.99. The molecule has 1 aliphatic rings. The Balaban J connectivity index is 1.95. The fourth-order valence-electron chi connectivity index (χ4n) is 2.09. The van der Waals surface area contributed by atoms with Gasteiger partial charge in [-0.25, -0.2) is 13.1 Å².